The lowest BCUT2D eigenvalue weighted by Gasteiger charge is -2.40. The fraction of sp³-hybridized carbons (Fsp3) is 0.435. The molecule has 0 atom stereocenters. The van der Waals surface area contributed by atoms with E-state index in [1.807, 2.05) is 30.0 Å². The van der Waals surface area contributed by atoms with Crippen LogP contribution >= 0.6 is 11.8 Å². The van der Waals surface area contributed by atoms with Gasteiger partial charge in [-0.1, -0.05) is 30.7 Å². The van der Waals surface area contributed by atoms with Gasteiger partial charge in [0, 0.05) is 29.9 Å². The maximum Gasteiger partial charge on any atom is 0.235 e. The van der Waals surface area contributed by atoms with Gasteiger partial charge in [-0.2, -0.15) is 11.8 Å². The largest absolute Gasteiger partial charge is 0.381 e. The minimum Gasteiger partial charge on any atom is -0.381 e. The second-order valence-corrected chi connectivity index (χ2v) is 9.01. The molecule has 28 heavy (non-hydrogen) atoms. The zero-order valence-corrected chi connectivity index (χ0v) is 16.8. The standard InChI is InChI=1S/C23H26FNO2S/c24-19-6-2-5-18(15-19)23(10-3-11-23)22(26)25-20-7-1-4-17(14-20)16-28-21-8-12-27-13-9-21/h1-2,4-7,14-15,21H,3,8-13,16H2,(H,25,26). The molecule has 1 amide bonds. The van der Waals surface area contributed by atoms with Crippen LogP contribution in [0.25, 0.3) is 0 Å². The summed E-state index contributed by atoms with van der Waals surface area (Å²) < 4.78 is 19.1. The summed E-state index contributed by atoms with van der Waals surface area (Å²) in [5.41, 5.74) is 2.21. The second kappa shape index (κ2) is 8.66. The summed E-state index contributed by atoms with van der Waals surface area (Å²) >= 11 is 1.96. The van der Waals surface area contributed by atoms with Gasteiger partial charge in [0.05, 0.1) is 5.41 Å². The highest BCUT2D eigenvalue weighted by Crippen LogP contribution is 2.44. The Hall–Kier alpha value is -1.85. The Morgan fingerprint density at radius 1 is 1.14 bits per heavy atom. The molecule has 148 valence electrons. The van der Waals surface area contributed by atoms with E-state index in [0.29, 0.717) is 5.25 Å². The molecule has 0 bridgehead atoms. The summed E-state index contributed by atoms with van der Waals surface area (Å²) in [6.45, 7) is 1.71. The molecule has 1 heterocycles. The van der Waals surface area contributed by atoms with Crippen molar-refractivity contribution in [2.45, 2.75) is 48.5 Å². The molecule has 0 aromatic heterocycles. The third kappa shape index (κ3) is 4.26. The number of carbonyl (C=O) groups is 1. The Labute approximate surface area is 170 Å². The summed E-state index contributed by atoms with van der Waals surface area (Å²) in [6.07, 6.45) is 4.74. The zero-order valence-electron chi connectivity index (χ0n) is 16.0. The summed E-state index contributed by atoms with van der Waals surface area (Å²) in [7, 11) is 0. The molecular weight excluding hydrogens is 373 g/mol. The van der Waals surface area contributed by atoms with Crippen molar-refractivity contribution in [3.05, 3.63) is 65.5 Å². The van der Waals surface area contributed by atoms with Crippen LogP contribution in [0.15, 0.2) is 48.5 Å². The smallest absolute Gasteiger partial charge is 0.235 e. The summed E-state index contributed by atoms with van der Waals surface area (Å²) in [6, 6.07) is 14.6. The number of halogens is 1. The van der Waals surface area contributed by atoms with Gasteiger partial charge >= 0.3 is 0 Å². The van der Waals surface area contributed by atoms with Gasteiger partial charge in [-0.25, -0.2) is 4.39 Å². The van der Waals surface area contributed by atoms with Gasteiger partial charge in [0.15, 0.2) is 0 Å². The molecule has 2 fully saturated rings. The van der Waals surface area contributed by atoms with Crippen LogP contribution in [-0.2, 0) is 20.7 Å². The zero-order chi connectivity index (χ0) is 19.4. The molecule has 2 aromatic rings. The highest BCUT2D eigenvalue weighted by Gasteiger charge is 2.45. The Morgan fingerprint density at radius 3 is 2.64 bits per heavy atom. The highest BCUT2D eigenvalue weighted by atomic mass is 32.2. The predicted octanol–water partition coefficient (Wildman–Crippen LogP) is 5.30. The van der Waals surface area contributed by atoms with Crippen molar-refractivity contribution in [1.82, 2.24) is 0 Å². The number of rotatable bonds is 6. The van der Waals surface area contributed by atoms with Crippen molar-refractivity contribution in [3.63, 3.8) is 0 Å². The third-order valence-electron chi connectivity index (χ3n) is 5.86. The van der Waals surface area contributed by atoms with E-state index in [4.69, 9.17) is 4.74 Å². The van der Waals surface area contributed by atoms with Gasteiger partial charge in [0.2, 0.25) is 5.91 Å². The van der Waals surface area contributed by atoms with Crippen molar-refractivity contribution in [2.75, 3.05) is 18.5 Å². The molecule has 2 aromatic carbocycles. The van der Waals surface area contributed by atoms with Crippen LogP contribution in [0.3, 0.4) is 0 Å². The Morgan fingerprint density at radius 2 is 1.93 bits per heavy atom. The molecule has 5 heteroatoms. The number of ether oxygens (including phenoxy) is 1. The number of hydrogen-bond donors (Lipinski definition) is 1. The molecule has 1 N–H and O–H groups in total. The number of amides is 1. The molecular formula is C23H26FNO2S. The minimum atomic E-state index is -0.602. The number of hydrogen-bond acceptors (Lipinski definition) is 3. The van der Waals surface area contributed by atoms with Crippen LogP contribution in [-0.4, -0.2) is 24.4 Å². The van der Waals surface area contributed by atoms with Gasteiger partial charge in [0.1, 0.15) is 5.82 Å². The molecule has 3 nitrogen and oxygen atoms in total. The Bertz CT molecular complexity index is 831. The maximum atomic E-state index is 13.7. The van der Waals surface area contributed by atoms with Gasteiger partial charge in [-0.3, -0.25) is 4.79 Å². The molecule has 0 unspecified atom stereocenters. The van der Waals surface area contributed by atoms with E-state index in [2.05, 4.69) is 17.4 Å². The minimum absolute atomic E-state index is 0.0291. The lowest BCUT2D eigenvalue weighted by Crippen LogP contribution is -2.46. The Kier molecular flexibility index (Phi) is 6.02. The highest BCUT2D eigenvalue weighted by molar-refractivity contribution is 7.99. The fourth-order valence-electron chi connectivity index (χ4n) is 4.01. The SMILES string of the molecule is O=C(Nc1cccc(CSC2CCOCC2)c1)C1(c2cccc(F)c2)CCC1. The molecule has 4 rings (SSSR count). The number of benzene rings is 2. The third-order valence-corrected chi connectivity index (χ3v) is 7.30. The first kappa shape index (κ1) is 19.5. The molecule has 1 saturated heterocycles. The second-order valence-electron chi connectivity index (χ2n) is 7.72. The topological polar surface area (TPSA) is 38.3 Å². The first-order valence-corrected chi connectivity index (χ1v) is 11.1. The van der Waals surface area contributed by atoms with Crippen molar-refractivity contribution >= 4 is 23.4 Å². The van der Waals surface area contributed by atoms with E-state index >= 15 is 0 Å². The maximum absolute atomic E-state index is 13.7. The van der Waals surface area contributed by atoms with E-state index in [-0.39, 0.29) is 11.7 Å². The fourth-order valence-corrected chi connectivity index (χ4v) is 5.14. The first-order valence-electron chi connectivity index (χ1n) is 10.0. The summed E-state index contributed by atoms with van der Waals surface area (Å²) in [4.78, 5) is 13.1. The summed E-state index contributed by atoms with van der Waals surface area (Å²) in [5.74, 6) is 0.617. The lowest BCUT2D eigenvalue weighted by molar-refractivity contribution is -0.124. The van der Waals surface area contributed by atoms with Crippen LogP contribution in [0, 0.1) is 5.82 Å². The van der Waals surface area contributed by atoms with Crippen molar-refractivity contribution in [1.29, 1.82) is 0 Å². The molecule has 1 saturated carbocycles. The van der Waals surface area contributed by atoms with Crippen LogP contribution in [0.5, 0.6) is 0 Å². The van der Waals surface area contributed by atoms with E-state index in [1.165, 1.54) is 17.7 Å². The normalized spacial score (nSPS) is 19.0. The molecule has 0 radical (unpaired) electrons. The number of nitrogens with one attached hydrogen (secondary N) is 1. The Balaban J connectivity index is 1.42. The van der Waals surface area contributed by atoms with Gasteiger partial charge in [0.25, 0.3) is 0 Å². The predicted molar refractivity (Wildman–Crippen MR) is 112 cm³/mol. The molecule has 2 aliphatic rings. The average Bonchev–Trinajstić information content (AvgIpc) is 2.67. The lowest BCUT2D eigenvalue weighted by atomic mass is 9.63. The van der Waals surface area contributed by atoms with E-state index in [0.717, 1.165) is 62.3 Å². The van der Waals surface area contributed by atoms with Gasteiger partial charge < -0.3 is 10.1 Å². The monoisotopic (exact) mass is 399 g/mol. The molecule has 1 aliphatic heterocycles. The number of anilines is 1. The van der Waals surface area contributed by atoms with Crippen LogP contribution < -0.4 is 5.32 Å². The van der Waals surface area contributed by atoms with Crippen LogP contribution in [0.1, 0.15) is 43.2 Å². The van der Waals surface area contributed by atoms with E-state index in [9.17, 15) is 9.18 Å². The number of carbonyl (C=O) groups excluding carboxylic acids is 1. The van der Waals surface area contributed by atoms with E-state index in [1.54, 1.807) is 6.07 Å². The quantitative estimate of drug-likeness (QED) is 0.716. The van der Waals surface area contributed by atoms with Crippen LogP contribution in [0.4, 0.5) is 10.1 Å². The molecule has 0 spiro atoms. The van der Waals surface area contributed by atoms with Gasteiger partial charge in [-0.15, -0.1) is 0 Å². The van der Waals surface area contributed by atoms with Crippen molar-refractivity contribution in [2.24, 2.45) is 0 Å². The van der Waals surface area contributed by atoms with Gasteiger partial charge in [-0.05, 0) is 61.1 Å². The van der Waals surface area contributed by atoms with Crippen molar-refractivity contribution in [3.8, 4) is 0 Å². The molecule has 1 aliphatic carbocycles. The number of thioether (sulfide) groups is 1. The first-order chi connectivity index (χ1) is 13.7. The van der Waals surface area contributed by atoms with E-state index < -0.39 is 5.41 Å². The van der Waals surface area contributed by atoms with Crippen LogP contribution in [0.2, 0.25) is 0 Å². The van der Waals surface area contributed by atoms with Crippen molar-refractivity contribution < 1.29 is 13.9 Å². The average molecular weight is 400 g/mol. The summed E-state index contributed by atoms with van der Waals surface area (Å²) in [5, 5.41) is 3.74.